The van der Waals surface area contributed by atoms with Crippen molar-refractivity contribution in [2.45, 2.75) is 6.54 Å². The van der Waals surface area contributed by atoms with Crippen LogP contribution in [-0.4, -0.2) is 24.6 Å². The second-order valence-electron chi connectivity index (χ2n) is 5.38. The van der Waals surface area contributed by atoms with E-state index in [0.29, 0.717) is 23.4 Å². The second-order valence-corrected chi connectivity index (χ2v) is 5.71. The van der Waals surface area contributed by atoms with E-state index in [0.717, 1.165) is 16.3 Å². The third-order valence-electron chi connectivity index (χ3n) is 3.92. The van der Waals surface area contributed by atoms with Crippen LogP contribution in [0, 0.1) is 0 Å². The topological polar surface area (TPSA) is 63.8 Å². The van der Waals surface area contributed by atoms with Crippen LogP contribution in [0.25, 0.3) is 33.2 Å². The highest BCUT2D eigenvalue weighted by Crippen LogP contribution is 2.35. The van der Waals surface area contributed by atoms with Gasteiger partial charge in [-0.3, -0.25) is 0 Å². The Morgan fingerprint density at radius 2 is 1.92 bits per heavy atom. The lowest BCUT2D eigenvalue weighted by Crippen LogP contribution is -1.97. The van der Waals surface area contributed by atoms with Crippen molar-refractivity contribution in [1.29, 1.82) is 0 Å². The Bertz CT molecular complexity index is 1090. The van der Waals surface area contributed by atoms with Crippen molar-refractivity contribution in [2.24, 2.45) is 0 Å². The first-order valence-corrected chi connectivity index (χ1v) is 7.77. The van der Waals surface area contributed by atoms with E-state index in [1.165, 1.54) is 0 Å². The van der Waals surface area contributed by atoms with Gasteiger partial charge in [0.2, 0.25) is 5.28 Å². The van der Waals surface area contributed by atoms with Crippen LogP contribution in [0.2, 0.25) is 5.28 Å². The van der Waals surface area contributed by atoms with Gasteiger partial charge >= 0.3 is 0 Å². The summed E-state index contributed by atoms with van der Waals surface area (Å²) in [6.45, 7) is 4.33. The third-order valence-corrected chi connectivity index (χ3v) is 4.09. The molecule has 4 rings (SSSR count). The number of rotatable bonds is 3. The molecule has 0 bridgehead atoms. The highest BCUT2D eigenvalue weighted by atomic mass is 35.5. The van der Waals surface area contributed by atoms with Crippen LogP contribution in [-0.2, 0) is 6.54 Å². The number of phenolic OH excluding ortho intramolecular Hbond substituents is 1. The molecule has 0 saturated carbocycles. The lowest BCUT2D eigenvalue weighted by molar-refractivity contribution is 0.481. The van der Waals surface area contributed by atoms with E-state index in [4.69, 9.17) is 11.6 Å². The first-order chi connectivity index (χ1) is 11.7. The first-order valence-electron chi connectivity index (χ1n) is 7.39. The van der Waals surface area contributed by atoms with Crippen molar-refractivity contribution in [3.8, 4) is 17.0 Å². The van der Waals surface area contributed by atoms with E-state index in [9.17, 15) is 5.11 Å². The van der Waals surface area contributed by atoms with Gasteiger partial charge in [0.05, 0.1) is 6.33 Å². The fourth-order valence-corrected chi connectivity index (χ4v) is 3.03. The smallest absolute Gasteiger partial charge is 0.225 e. The average molecular weight is 337 g/mol. The molecule has 0 amide bonds. The number of benzene rings is 2. The molecule has 0 saturated heterocycles. The largest absolute Gasteiger partial charge is 0.507 e. The summed E-state index contributed by atoms with van der Waals surface area (Å²) in [6, 6.07) is 11.1. The maximum absolute atomic E-state index is 10.1. The van der Waals surface area contributed by atoms with E-state index in [1.807, 2.05) is 34.9 Å². The molecule has 0 fully saturated rings. The molecule has 2 aromatic carbocycles. The highest BCUT2D eigenvalue weighted by molar-refractivity contribution is 6.28. The molecular formula is C18H13ClN4O. The molecule has 0 atom stereocenters. The minimum atomic E-state index is 0.153. The van der Waals surface area contributed by atoms with Crippen molar-refractivity contribution in [1.82, 2.24) is 19.5 Å². The predicted molar refractivity (Wildman–Crippen MR) is 95.1 cm³/mol. The molecule has 0 unspecified atom stereocenters. The monoisotopic (exact) mass is 336 g/mol. The lowest BCUT2D eigenvalue weighted by atomic mass is 10.0. The maximum Gasteiger partial charge on any atom is 0.225 e. The van der Waals surface area contributed by atoms with Crippen LogP contribution in [0.15, 0.2) is 55.4 Å². The number of aromatic hydroxyl groups is 1. The molecule has 6 heteroatoms. The summed E-state index contributed by atoms with van der Waals surface area (Å²) in [5.41, 5.74) is 2.81. The summed E-state index contributed by atoms with van der Waals surface area (Å²) in [7, 11) is 0. The van der Waals surface area contributed by atoms with Gasteiger partial charge in [-0.25, -0.2) is 9.97 Å². The summed E-state index contributed by atoms with van der Waals surface area (Å²) >= 11 is 6.15. The number of halogens is 1. The Hall–Kier alpha value is -2.92. The molecule has 0 spiro atoms. The SMILES string of the molecule is C=CCn1cnc2c(-c3ccc(O)c4ccccc34)nc(Cl)nc21. The van der Waals surface area contributed by atoms with Crippen LogP contribution in [0.5, 0.6) is 5.75 Å². The summed E-state index contributed by atoms with van der Waals surface area (Å²) in [6.07, 6.45) is 3.47. The van der Waals surface area contributed by atoms with Gasteiger partial charge in [-0.1, -0.05) is 30.3 Å². The van der Waals surface area contributed by atoms with E-state index < -0.39 is 0 Å². The number of aromatic nitrogens is 4. The average Bonchev–Trinajstić information content (AvgIpc) is 2.98. The summed E-state index contributed by atoms with van der Waals surface area (Å²) in [4.78, 5) is 13.1. The van der Waals surface area contributed by atoms with Crippen molar-refractivity contribution in [3.63, 3.8) is 0 Å². The van der Waals surface area contributed by atoms with Gasteiger partial charge in [0.15, 0.2) is 5.65 Å². The van der Waals surface area contributed by atoms with Crippen LogP contribution >= 0.6 is 11.6 Å². The molecule has 24 heavy (non-hydrogen) atoms. The number of fused-ring (bicyclic) bond motifs is 2. The zero-order valence-corrected chi connectivity index (χ0v) is 13.4. The Labute approximate surface area is 142 Å². The van der Waals surface area contributed by atoms with E-state index in [2.05, 4.69) is 21.5 Å². The summed E-state index contributed by atoms with van der Waals surface area (Å²) in [5, 5.41) is 11.9. The number of hydrogen-bond donors (Lipinski definition) is 1. The molecule has 5 nitrogen and oxygen atoms in total. The number of phenols is 1. The van der Waals surface area contributed by atoms with Gasteiger partial charge in [-0.15, -0.1) is 6.58 Å². The number of nitrogens with zero attached hydrogens (tertiary/aromatic N) is 4. The zero-order valence-electron chi connectivity index (χ0n) is 12.6. The number of hydrogen-bond acceptors (Lipinski definition) is 4. The van der Waals surface area contributed by atoms with Crippen LogP contribution in [0.1, 0.15) is 0 Å². The Kier molecular flexibility index (Phi) is 3.43. The van der Waals surface area contributed by atoms with E-state index >= 15 is 0 Å². The molecule has 0 aliphatic rings. The van der Waals surface area contributed by atoms with Gasteiger partial charge in [0, 0.05) is 17.5 Å². The van der Waals surface area contributed by atoms with Crippen molar-refractivity contribution < 1.29 is 5.11 Å². The van der Waals surface area contributed by atoms with Crippen LogP contribution in [0.4, 0.5) is 0 Å². The third kappa shape index (κ3) is 2.21. The van der Waals surface area contributed by atoms with Crippen molar-refractivity contribution >= 4 is 33.5 Å². The molecule has 0 radical (unpaired) electrons. The Morgan fingerprint density at radius 1 is 1.12 bits per heavy atom. The van der Waals surface area contributed by atoms with Crippen molar-refractivity contribution in [3.05, 3.63) is 60.7 Å². The normalized spacial score (nSPS) is 11.2. The van der Waals surface area contributed by atoms with E-state index in [-0.39, 0.29) is 11.0 Å². The fourth-order valence-electron chi connectivity index (χ4n) is 2.87. The zero-order chi connectivity index (χ0) is 16.7. The minimum Gasteiger partial charge on any atom is -0.507 e. The predicted octanol–water partition coefficient (Wildman–Crippen LogP) is 4.19. The molecule has 1 N–H and O–H groups in total. The quantitative estimate of drug-likeness (QED) is 0.450. The molecule has 2 aromatic heterocycles. The second kappa shape index (κ2) is 5.62. The number of allylic oxidation sites excluding steroid dienone is 1. The van der Waals surface area contributed by atoms with Crippen molar-refractivity contribution in [2.75, 3.05) is 0 Å². The summed E-state index contributed by atoms with van der Waals surface area (Å²) < 4.78 is 1.86. The molecule has 2 heterocycles. The van der Waals surface area contributed by atoms with Gasteiger partial charge in [0.1, 0.15) is 17.0 Å². The van der Waals surface area contributed by atoms with E-state index in [1.54, 1.807) is 18.5 Å². The van der Waals surface area contributed by atoms with Crippen LogP contribution in [0.3, 0.4) is 0 Å². The molecule has 4 aromatic rings. The fraction of sp³-hybridized carbons (Fsp3) is 0.0556. The number of imidazole rings is 1. The highest BCUT2D eigenvalue weighted by Gasteiger charge is 2.16. The molecule has 0 aliphatic heterocycles. The summed E-state index contributed by atoms with van der Waals surface area (Å²) in [5.74, 6) is 0.225. The standard InChI is InChI=1S/C18H13ClN4O/c1-2-9-23-10-20-16-15(21-18(19)22-17(16)23)13-7-8-14(24)12-6-4-3-5-11(12)13/h2-8,10,24H,1,9H2. The van der Waals surface area contributed by atoms with Gasteiger partial charge in [0.25, 0.3) is 0 Å². The Morgan fingerprint density at radius 3 is 2.71 bits per heavy atom. The van der Waals surface area contributed by atoms with Crippen LogP contribution < -0.4 is 0 Å². The molecule has 118 valence electrons. The first kappa shape index (κ1) is 14.7. The van der Waals surface area contributed by atoms with Gasteiger partial charge in [-0.2, -0.15) is 4.98 Å². The van der Waals surface area contributed by atoms with Gasteiger partial charge in [-0.05, 0) is 29.1 Å². The van der Waals surface area contributed by atoms with Gasteiger partial charge < -0.3 is 9.67 Å². The lowest BCUT2D eigenvalue weighted by Gasteiger charge is -2.09. The molecular weight excluding hydrogens is 324 g/mol. The maximum atomic E-state index is 10.1. The Balaban J connectivity index is 2.07. The minimum absolute atomic E-state index is 0.153. The molecule has 0 aliphatic carbocycles.